The van der Waals surface area contributed by atoms with Crippen LogP contribution in [0.2, 0.25) is 0 Å². The van der Waals surface area contributed by atoms with Crippen LogP contribution in [-0.4, -0.2) is 34.7 Å². The molecule has 0 spiro atoms. The first-order chi connectivity index (χ1) is 18.0. The Morgan fingerprint density at radius 1 is 0.892 bits per heavy atom. The number of aromatic nitrogens is 1. The molecule has 4 rings (SSSR count). The van der Waals surface area contributed by atoms with Gasteiger partial charge < -0.3 is 21.1 Å². The summed E-state index contributed by atoms with van der Waals surface area (Å²) < 4.78 is 0. The van der Waals surface area contributed by atoms with E-state index >= 15 is 0 Å². The first-order valence-electron chi connectivity index (χ1n) is 12.6. The van der Waals surface area contributed by atoms with Gasteiger partial charge in [0.2, 0.25) is 0 Å². The molecule has 3 atom stereocenters. The highest BCUT2D eigenvalue weighted by molar-refractivity contribution is 5.94. The summed E-state index contributed by atoms with van der Waals surface area (Å²) in [5.41, 5.74) is 5.48. The van der Waals surface area contributed by atoms with Gasteiger partial charge in [0, 0.05) is 41.4 Å². The summed E-state index contributed by atoms with van der Waals surface area (Å²) in [5.74, 6) is -0.220. The Kier molecular flexibility index (Phi) is 9.03. The Labute approximate surface area is 218 Å². The molecule has 0 saturated heterocycles. The molecule has 0 fully saturated rings. The fourth-order valence-corrected chi connectivity index (χ4v) is 4.20. The summed E-state index contributed by atoms with van der Waals surface area (Å²) >= 11 is 0. The summed E-state index contributed by atoms with van der Waals surface area (Å²) in [5, 5.41) is 20.9. The Hall–Kier alpha value is -4.00. The summed E-state index contributed by atoms with van der Waals surface area (Å²) in [6, 6.07) is 30.8. The second-order valence-electron chi connectivity index (χ2n) is 9.27. The van der Waals surface area contributed by atoms with E-state index in [1.54, 1.807) is 18.3 Å². The van der Waals surface area contributed by atoms with Crippen LogP contribution >= 0.6 is 0 Å². The Bertz CT molecular complexity index is 1260. The Morgan fingerprint density at radius 2 is 1.57 bits per heavy atom. The second kappa shape index (κ2) is 12.8. The van der Waals surface area contributed by atoms with Crippen molar-refractivity contribution in [2.75, 3.05) is 11.9 Å². The van der Waals surface area contributed by atoms with Crippen LogP contribution in [0.1, 0.15) is 40.1 Å². The molecular formula is C31H34N4O2. The Balaban J connectivity index is 1.41. The van der Waals surface area contributed by atoms with Crippen molar-refractivity contribution in [3.63, 3.8) is 0 Å². The van der Waals surface area contributed by atoms with Crippen LogP contribution in [0.4, 0.5) is 11.4 Å². The molecule has 1 aromatic heterocycles. The van der Waals surface area contributed by atoms with E-state index < -0.39 is 12.1 Å². The van der Waals surface area contributed by atoms with E-state index in [4.69, 9.17) is 0 Å². The van der Waals surface area contributed by atoms with Crippen LogP contribution in [0.15, 0.2) is 103 Å². The summed E-state index contributed by atoms with van der Waals surface area (Å²) in [7, 11) is 0. The van der Waals surface area contributed by atoms with Crippen LogP contribution in [0.3, 0.4) is 0 Å². The van der Waals surface area contributed by atoms with Gasteiger partial charge in [0.25, 0.3) is 5.91 Å². The van der Waals surface area contributed by atoms with Gasteiger partial charge in [0.05, 0.1) is 12.1 Å². The molecule has 0 aliphatic carbocycles. The van der Waals surface area contributed by atoms with E-state index in [2.05, 4.69) is 40.0 Å². The van der Waals surface area contributed by atoms with Crippen LogP contribution in [0.25, 0.3) is 0 Å². The van der Waals surface area contributed by atoms with E-state index in [0.29, 0.717) is 18.5 Å². The lowest BCUT2D eigenvalue weighted by Crippen LogP contribution is -2.49. The maximum absolute atomic E-state index is 13.2. The number of nitrogens with one attached hydrogen (secondary N) is 3. The number of carbonyl (C=O) groups is 1. The van der Waals surface area contributed by atoms with Crippen molar-refractivity contribution in [3.8, 4) is 0 Å². The largest absolute Gasteiger partial charge is 0.390 e. The van der Waals surface area contributed by atoms with Crippen molar-refractivity contribution < 1.29 is 9.90 Å². The highest BCUT2D eigenvalue weighted by Crippen LogP contribution is 2.18. The molecule has 3 aromatic carbocycles. The lowest BCUT2D eigenvalue weighted by molar-refractivity contribution is 0.0826. The van der Waals surface area contributed by atoms with Gasteiger partial charge in [-0.05, 0) is 67.8 Å². The maximum Gasteiger partial charge on any atom is 0.251 e. The third-order valence-electron chi connectivity index (χ3n) is 6.34. The molecule has 190 valence electrons. The summed E-state index contributed by atoms with van der Waals surface area (Å²) in [6.45, 7) is 4.36. The Morgan fingerprint density at radius 3 is 2.24 bits per heavy atom. The molecule has 1 amide bonds. The average Bonchev–Trinajstić information content (AvgIpc) is 2.92. The quantitative estimate of drug-likeness (QED) is 0.231. The minimum atomic E-state index is -0.772. The number of aliphatic hydroxyl groups excluding tert-OH is 1. The number of anilines is 2. The standard InChI is InChI=1S/C31H34N4O2/c1-22-19-28(17-18-32-22)34-27-15-13-26(14-16-27)31(37)35-29(20-24-9-5-3-6-10-24)30(36)21-33-23(2)25-11-7-4-8-12-25/h3-19,23,29-30,33,36H,20-21H2,1-2H3,(H,32,34)(H,35,37)/t23-,29+,30-/m1/s1. The summed E-state index contributed by atoms with van der Waals surface area (Å²) in [4.78, 5) is 17.4. The number of pyridine rings is 1. The highest BCUT2D eigenvalue weighted by Gasteiger charge is 2.23. The molecule has 0 bridgehead atoms. The second-order valence-corrected chi connectivity index (χ2v) is 9.27. The van der Waals surface area contributed by atoms with Gasteiger partial charge >= 0.3 is 0 Å². The minimum absolute atomic E-state index is 0.0770. The molecule has 4 N–H and O–H groups in total. The SMILES string of the molecule is Cc1cc(Nc2ccc(C(=O)N[C@@H](Cc3ccccc3)[C@H](O)CN[C@H](C)c3ccccc3)cc2)ccn1. The van der Waals surface area contributed by atoms with Crippen molar-refractivity contribution >= 4 is 17.3 Å². The maximum atomic E-state index is 13.2. The van der Waals surface area contributed by atoms with Gasteiger partial charge in [-0.15, -0.1) is 0 Å². The number of rotatable bonds is 11. The third kappa shape index (κ3) is 7.74. The lowest BCUT2D eigenvalue weighted by atomic mass is 10.00. The topological polar surface area (TPSA) is 86.3 Å². The van der Waals surface area contributed by atoms with Gasteiger partial charge in [-0.3, -0.25) is 9.78 Å². The molecule has 0 aliphatic rings. The molecule has 0 radical (unpaired) electrons. The lowest BCUT2D eigenvalue weighted by Gasteiger charge is -2.26. The molecule has 0 aliphatic heterocycles. The van der Waals surface area contributed by atoms with E-state index in [1.165, 1.54) is 0 Å². The number of hydrogen-bond acceptors (Lipinski definition) is 5. The molecule has 6 heteroatoms. The first-order valence-corrected chi connectivity index (χ1v) is 12.6. The van der Waals surface area contributed by atoms with Crippen molar-refractivity contribution in [1.82, 2.24) is 15.6 Å². The van der Waals surface area contributed by atoms with Crippen molar-refractivity contribution in [1.29, 1.82) is 0 Å². The van der Waals surface area contributed by atoms with E-state index in [-0.39, 0.29) is 11.9 Å². The van der Waals surface area contributed by atoms with E-state index in [1.807, 2.05) is 79.7 Å². The van der Waals surface area contributed by atoms with E-state index in [0.717, 1.165) is 28.2 Å². The molecule has 37 heavy (non-hydrogen) atoms. The van der Waals surface area contributed by atoms with Gasteiger partial charge in [-0.25, -0.2) is 0 Å². The molecule has 0 unspecified atom stereocenters. The van der Waals surface area contributed by atoms with Gasteiger partial charge in [0.1, 0.15) is 0 Å². The van der Waals surface area contributed by atoms with Crippen LogP contribution < -0.4 is 16.0 Å². The molecule has 0 saturated carbocycles. The zero-order chi connectivity index (χ0) is 26.0. The van der Waals surface area contributed by atoms with Gasteiger partial charge in [0.15, 0.2) is 0 Å². The van der Waals surface area contributed by atoms with Crippen molar-refractivity contribution in [2.45, 2.75) is 38.5 Å². The zero-order valence-electron chi connectivity index (χ0n) is 21.3. The number of aliphatic hydroxyl groups is 1. The van der Waals surface area contributed by atoms with Crippen LogP contribution in [-0.2, 0) is 6.42 Å². The molecule has 1 heterocycles. The van der Waals surface area contributed by atoms with Gasteiger partial charge in [-0.1, -0.05) is 60.7 Å². The number of amides is 1. The number of aryl methyl sites for hydroxylation is 1. The zero-order valence-corrected chi connectivity index (χ0v) is 21.3. The molecule has 6 nitrogen and oxygen atoms in total. The normalized spacial score (nSPS) is 13.4. The van der Waals surface area contributed by atoms with Gasteiger partial charge in [-0.2, -0.15) is 0 Å². The fourth-order valence-electron chi connectivity index (χ4n) is 4.20. The number of carbonyl (C=O) groups excluding carboxylic acids is 1. The number of nitrogens with zero attached hydrogens (tertiary/aromatic N) is 1. The highest BCUT2D eigenvalue weighted by atomic mass is 16.3. The summed E-state index contributed by atoms with van der Waals surface area (Å²) in [6.07, 6.45) is 1.51. The van der Waals surface area contributed by atoms with Crippen LogP contribution in [0.5, 0.6) is 0 Å². The van der Waals surface area contributed by atoms with Crippen LogP contribution in [0, 0.1) is 6.92 Å². The molecule has 4 aromatic rings. The van der Waals surface area contributed by atoms with Crippen molar-refractivity contribution in [2.24, 2.45) is 0 Å². The number of benzene rings is 3. The predicted octanol–water partition coefficient (Wildman–Crippen LogP) is 5.19. The smallest absolute Gasteiger partial charge is 0.251 e. The average molecular weight is 495 g/mol. The number of hydrogen-bond donors (Lipinski definition) is 4. The monoisotopic (exact) mass is 494 g/mol. The first kappa shape index (κ1) is 26.1. The molecular weight excluding hydrogens is 460 g/mol. The fraction of sp³-hybridized carbons (Fsp3) is 0.226. The predicted molar refractivity (Wildman–Crippen MR) is 149 cm³/mol. The minimum Gasteiger partial charge on any atom is -0.390 e. The van der Waals surface area contributed by atoms with E-state index in [9.17, 15) is 9.90 Å². The third-order valence-corrected chi connectivity index (χ3v) is 6.34. The van der Waals surface area contributed by atoms with Crippen molar-refractivity contribution in [3.05, 3.63) is 126 Å².